The van der Waals surface area contributed by atoms with Crippen molar-refractivity contribution in [3.8, 4) is 11.4 Å². The maximum absolute atomic E-state index is 12.5. The summed E-state index contributed by atoms with van der Waals surface area (Å²) in [4.78, 5) is 18.8. The molecule has 4 rings (SSSR count). The van der Waals surface area contributed by atoms with Crippen molar-refractivity contribution in [1.29, 1.82) is 0 Å². The first-order valence-electron chi connectivity index (χ1n) is 7.15. The van der Waals surface area contributed by atoms with Gasteiger partial charge in [0.05, 0.1) is 4.53 Å². The Morgan fingerprint density at radius 1 is 1.13 bits per heavy atom. The molecular formula is C17H13N3OS2. The number of rotatable bonds is 2. The lowest BCUT2D eigenvalue weighted by atomic mass is 10.1. The summed E-state index contributed by atoms with van der Waals surface area (Å²) >= 11 is 3.01. The quantitative estimate of drug-likeness (QED) is 0.564. The molecule has 0 N–H and O–H groups in total. The molecule has 0 amide bonds. The molecule has 0 aliphatic heterocycles. The van der Waals surface area contributed by atoms with Crippen LogP contribution in [0.25, 0.3) is 22.4 Å². The number of hydrogen-bond acceptors (Lipinski definition) is 5. The fourth-order valence-electron chi connectivity index (χ4n) is 2.42. The van der Waals surface area contributed by atoms with Crippen molar-refractivity contribution in [3.63, 3.8) is 0 Å². The van der Waals surface area contributed by atoms with Gasteiger partial charge in [-0.05, 0) is 42.5 Å². The van der Waals surface area contributed by atoms with E-state index < -0.39 is 0 Å². The molecular weight excluding hydrogens is 326 g/mol. The van der Waals surface area contributed by atoms with Crippen molar-refractivity contribution in [2.75, 3.05) is 0 Å². The topological polar surface area (TPSA) is 47.3 Å². The fraction of sp³-hybridized carbons (Fsp3) is 0.118. The van der Waals surface area contributed by atoms with Crippen LogP contribution in [-0.4, -0.2) is 14.6 Å². The van der Waals surface area contributed by atoms with Gasteiger partial charge in [-0.3, -0.25) is 4.79 Å². The van der Waals surface area contributed by atoms with Crippen LogP contribution in [0.15, 0.2) is 40.5 Å². The summed E-state index contributed by atoms with van der Waals surface area (Å²) < 4.78 is 2.07. The van der Waals surface area contributed by atoms with Gasteiger partial charge in [-0.2, -0.15) is 9.50 Å². The van der Waals surface area contributed by atoms with E-state index in [0.717, 1.165) is 16.0 Å². The van der Waals surface area contributed by atoms with Crippen LogP contribution in [-0.2, 0) is 0 Å². The molecule has 4 nitrogen and oxygen atoms in total. The van der Waals surface area contributed by atoms with Crippen LogP contribution >= 0.6 is 22.7 Å². The summed E-state index contributed by atoms with van der Waals surface area (Å²) in [6, 6.07) is 9.97. The molecule has 0 saturated heterocycles. The Morgan fingerprint density at radius 2 is 1.96 bits per heavy atom. The third-order valence-corrected chi connectivity index (χ3v) is 5.66. The Labute approximate surface area is 140 Å². The second-order valence-electron chi connectivity index (χ2n) is 5.33. The first kappa shape index (κ1) is 14.3. The number of thiazole rings is 1. The zero-order chi connectivity index (χ0) is 16.0. The minimum atomic E-state index is -0.106. The third-order valence-electron chi connectivity index (χ3n) is 3.73. The molecule has 23 heavy (non-hydrogen) atoms. The molecule has 0 fully saturated rings. The Bertz CT molecular complexity index is 1120. The Kier molecular flexibility index (Phi) is 3.36. The van der Waals surface area contributed by atoms with E-state index in [0.29, 0.717) is 15.3 Å². The molecule has 1 aromatic carbocycles. The van der Waals surface area contributed by atoms with Gasteiger partial charge in [0.1, 0.15) is 0 Å². The van der Waals surface area contributed by atoms with Gasteiger partial charge in [0.2, 0.25) is 4.96 Å². The van der Waals surface area contributed by atoms with Crippen LogP contribution in [0.2, 0.25) is 0 Å². The van der Waals surface area contributed by atoms with Gasteiger partial charge in [0.15, 0.2) is 5.82 Å². The van der Waals surface area contributed by atoms with E-state index in [4.69, 9.17) is 0 Å². The van der Waals surface area contributed by atoms with Gasteiger partial charge in [0.25, 0.3) is 5.56 Å². The highest BCUT2D eigenvalue weighted by Gasteiger charge is 2.13. The first-order valence-corrected chi connectivity index (χ1v) is 8.84. The SMILES string of the molecule is Cc1ccccc1-c1nc2s/c(=C\c3sccc3C)c(=O)n2n1. The summed E-state index contributed by atoms with van der Waals surface area (Å²) in [5.74, 6) is 0.602. The highest BCUT2D eigenvalue weighted by molar-refractivity contribution is 7.15. The average molecular weight is 339 g/mol. The molecule has 0 unspecified atom stereocenters. The molecule has 3 aromatic heterocycles. The molecule has 6 heteroatoms. The third kappa shape index (κ3) is 2.40. The van der Waals surface area contributed by atoms with Gasteiger partial charge in [-0.1, -0.05) is 35.6 Å². The van der Waals surface area contributed by atoms with Gasteiger partial charge < -0.3 is 0 Å². The van der Waals surface area contributed by atoms with Crippen molar-refractivity contribution in [2.45, 2.75) is 13.8 Å². The first-order chi connectivity index (χ1) is 11.1. The predicted octanol–water partition coefficient (Wildman–Crippen LogP) is 3.04. The average Bonchev–Trinajstić information content (AvgIpc) is 3.19. The van der Waals surface area contributed by atoms with Crippen molar-refractivity contribution in [1.82, 2.24) is 14.6 Å². The number of hydrogen-bond donors (Lipinski definition) is 0. The molecule has 3 heterocycles. The molecule has 0 atom stereocenters. The monoisotopic (exact) mass is 339 g/mol. The lowest BCUT2D eigenvalue weighted by Gasteiger charge is -1.98. The largest absolute Gasteiger partial charge is 0.291 e. The molecule has 0 aliphatic carbocycles. The van der Waals surface area contributed by atoms with Gasteiger partial charge in [0, 0.05) is 10.4 Å². The smallest absolute Gasteiger partial charge is 0.266 e. The highest BCUT2D eigenvalue weighted by atomic mass is 32.1. The van der Waals surface area contributed by atoms with Crippen molar-refractivity contribution in [3.05, 3.63) is 66.6 Å². The maximum Gasteiger partial charge on any atom is 0.291 e. The highest BCUT2D eigenvalue weighted by Crippen LogP contribution is 2.20. The van der Waals surface area contributed by atoms with Crippen LogP contribution in [0.4, 0.5) is 0 Å². The molecule has 4 aromatic rings. The lowest BCUT2D eigenvalue weighted by Crippen LogP contribution is -2.23. The van der Waals surface area contributed by atoms with E-state index in [9.17, 15) is 4.79 Å². The van der Waals surface area contributed by atoms with Crippen molar-refractivity contribution >= 4 is 33.7 Å². The zero-order valence-corrected chi connectivity index (χ0v) is 14.2. The molecule has 0 bridgehead atoms. The number of aryl methyl sites for hydroxylation is 2. The second-order valence-corrected chi connectivity index (χ2v) is 7.29. The fourth-order valence-corrected chi connectivity index (χ4v) is 4.25. The Morgan fingerprint density at radius 3 is 2.65 bits per heavy atom. The summed E-state index contributed by atoms with van der Waals surface area (Å²) in [7, 11) is 0. The van der Waals surface area contributed by atoms with E-state index in [1.807, 2.05) is 55.6 Å². The molecule has 0 radical (unpaired) electrons. The summed E-state index contributed by atoms with van der Waals surface area (Å²) in [6.45, 7) is 4.06. The van der Waals surface area contributed by atoms with Crippen LogP contribution in [0.1, 0.15) is 16.0 Å². The van der Waals surface area contributed by atoms with E-state index >= 15 is 0 Å². The summed E-state index contributed by atoms with van der Waals surface area (Å²) in [5, 5.41) is 6.43. The van der Waals surface area contributed by atoms with Crippen LogP contribution in [0.5, 0.6) is 0 Å². The molecule has 0 saturated carbocycles. The molecule has 0 spiro atoms. The van der Waals surface area contributed by atoms with E-state index in [1.54, 1.807) is 11.3 Å². The number of thiophene rings is 1. The Hall–Kier alpha value is -2.31. The van der Waals surface area contributed by atoms with Gasteiger partial charge in [-0.15, -0.1) is 16.4 Å². The number of aromatic nitrogens is 3. The van der Waals surface area contributed by atoms with Gasteiger partial charge >= 0.3 is 0 Å². The van der Waals surface area contributed by atoms with Crippen LogP contribution in [0, 0.1) is 13.8 Å². The van der Waals surface area contributed by atoms with E-state index in [1.165, 1.54) is 21.4 Å². The number of fused-ring (bicyclic) bond motifs is 1. The van der Waals surface area contributed by atoms with Crippen LogP contribution < -0.4 is 10.1 Å². The normalized spacial score (nSPS) is 12.3. The predicted molar refractivity (Wildman–Crippen MR) is 95.1 cm³/mol. The van der Waals surface area contributed by atoms with Crippen molar-refractivity contribution in [2.24, 2.45) is 0 Å². The van der Waals surface area contributed by atoms with Gasteiger partial charge in [-0.25, -0.2) is 0 Å². The summed E-state index contributed by atoms with van der Waals surface area (Å²) in [5.41, 5.74) is 3.13. The van der Waals surface area contributed by atoms with Crippen LogP contribution in [0.3, 0.4) is 0 Å². The lowest BCUT2D eigenvalue weighted by molar-refractivity contribution is 0.936. The molecule has 114 valence electrons. The zero-order valence-electron chi connectivity index (χ0n) is 12.6. The standard InChI is InChI=1S/C17H13N3OS2/c1-10-5-3-4-6-12(10)15-18-17-20(19-15)16(21)14(23-17)9-13-11(2)7-8-22-13/h3-9H,1-2H3/b14-9-. The summed E-state index contributed by atoms with van der Waals surface area (Å²) in [6.07, 6.45) is 1.93. The number of benzene rings is 1. The van der Waals surface area contributed by atoms with Crippen molar-refractivity contribution < 1.29 is 0 Å². The minimum absolute atomic E-state index is 0.106. The second kappa shape index (κ2) is 5.40. The maximum atomic E-state index is 12.5. The number of nitrogens with zero attached hydrogens (tertiary/aromatic N) is 3. The molecule has 0 aliphatic rings. The minimum Gasteiger partial charge on any atom is -0.266 e. The van der Waals surface area contributed by atoms with E-state index in [2.05, 4.69) is 10.1 Å². The van der Waals surface area contributed by atoms with E-state index in [-0.39, 0.29) is 5.56 Å². The Balaban J connectivity index is 1.88.